The summed E-state index contributed by atoms with van der Waals surface area (Å²) in [6.07, 6.45) is 3.33. The van der Waals surface area contributed by atoms with Crippen molar-refractivity contribution >= 4 is 17.9 Å². The van der Waals surface area contributed by atoms with Gasteiger partial charge >= 0.3 is 17.9 Å². The fourth-order valence-corrected chi connectivity index (χ4v) is 2.66. The molecule has 0 atom stereocenters. The molecule has 0 N–H and O–H groups in total. The van der Waals surface area contributed by atoms with Gasteiger partial charge in [0.05, 0.1) is 17.7 Å². The zero-order valence-corrected chi connectivity index (χ0v) is 15.7. The van der Waals surface area contributed by atoms with Gasteiger partial charge in [-0.15, -0.1) is 0 Å². The molecule has 0 aliphatic carbocycles. The van der Waals surface area contributed by atoms with E-state index in [-0.39, 0.29) is 12.6 Å². The molecule has 2 aromatic rings. The van der Waals surface area contributed by atoms with Crippen molar-refractivity contribution in [3.05, 3.63) is 70.8 Å². The fourth-order valence-electron chi connectivity index (χ4n) is 2.66. The SMILES string of the molecule is CCCc1ccc(C(=O)OCCCc2cccc(C(=O)OC(C)=O)c2)cc1. The summed E-state index contributed by atoms with van der Waals surface area (Å²) in [5, 5.41) is 0. The van der Waals surface area contributed by atoms with E-state index in [0.29, 0.717) is 24.0 Å². The summed E-state index contributed by atoms with van der Waals surface area (Å²) in [4.78, 5) is 34.7. The molecule has 0 aliphatic rings. The molecule has 0 amide bonds. The van der Waals surface area contributed by atoms with Crippen LogP contribution in [0.1, 0.15) is 58.5 Å². The van der Waals surface area contributed by atoms with Gasteiger partial charge in [0.15, 0.2) is 0 Å². The van der Waals surface area contributed by atoms with Gasteiger partial charge in [0.25, 0.3) is 0 Å². The van der Waals surface area contributed by atoms with Crippen molar-refractivity contribution in [2.45, 2.75) is 39.5 Å². The molecule has 0 heterocycles. The molecule has 0 aromatic heterocycles. The summed E-state index contributed by atoms with van der Waals surface area (Å²) in [5.41, 5.74) is 2.99. The first-order chi connectivity index (χ1) is 13.0. The van der Waals surface area contributed by atoms with Crippen molar-refractivity contribution in [1.82, 2.24) is 0 Å². The first kappa shape index (κ1) is 20.4. The molecule has 0 fully saturated rings. The largest absolute Gasteiger partial charge is 0.462 e. The zero-order chi connectivity index (χ0) is 19.6. The number of carbonyl (C=O) groups is 3. The quantitative estimate of drug-likeness (QED) is 0.398. The van der Waals surface area contributed by atoms with Crippen LogP contribution in [0, 0.1) is 0 Å². The van der Waals surface area contributed by atoms with E-state index in [4.69, 9.17) is 4.74 Å². The summed E-state index contributed by atoms with van der Waals surface area (Å²) in [6, 6.07) is 14.4. The Morgan fingerprint density at radius 3 is 2.26 bits per heavy atom. The molecule has 0 unspecified atom stereocenters. The van der Waals surface area contributed by atoms with E-state index < -0.39 is 11.9 Å². The van der Waals surface area contributed by atoms with Gasteiger partial charge in [-0.25, -0.2) is 9.59 Å². The van der Waals surface area contributed by atoms with Crippen LogP contribution in [0.25, 0.3) is 0 Å². The predicted molar refractivity (Wildman–Crippen MR) is 102 cm³/mol. The second kappa shape index (κ2) is 10.3. The highest BCUT2D eigenvalue weighted by molar-refractivity contribution is 5.96. The molecule has 0 radical (unpaired) electrons. The third-order valence-electron chi connectivity index (χ3n) is 3.97. The highest BCUT2D eigenvalue weighted by Gasteiger charge is 2.10. The summed E-state index contributed by atoms with van der Waals surface area (Å²) < 4.78 is 9.88. The van der Waals surface area contributed by atoms with Crippen LogP contribution in [0.3, 0.4) is 0 Å². The van der Waals surface area contributed by atoms with Gasteiger partial charge in [-0.2, -0.15) is 0 Å². The van der Waals surface area contributed by atoms with Crippen LogP contribution in [-0.2, 0) is 27.1 Å². The van der Waals surface area contributed by atoms with Gasteiger partial charge in [0.2, 0.25) is 0 Å². The second-order valence-electron chi connectivity index (χ2n) is 6.27. The number of aryl methyl sites for hydroxylation is 2. The summed E-state index contributed by atoms with van der Waals surface area (Å²) >= 11 is 0. The minimum absolute atomic E-state index is 0.289. The van der Waals surface area contributed by atoms with Crippen molar-refractivity contribution in [3.8, 4) is 0 Å². The van der Waals surface area contributed by atoms with E-state index in [1.165, 1.54) is 12.5 Å². The monoisotopic (exact) mass is 368 g/mol. The van der Waals surface area contributed by atoms with Gasteiger partial charge in [-0.1, -0.05) is 37.6 Å². The molecular formula is C22H24O5. The highest BCUT2D eigenvalue weighted by Crippen LogP contribution is 2.11. The van der Waals surface area contributed by atoms with Crippen molar-refractivity contribution in [2.75, 3.05) is 6.61 Å². The van der Waals surface area contributed by atoms with Crippen molar-refractivity contribution in [3.63, 3.8) is 0 Å². The number of hydrogen-bond donors (Lipinski definition) is 0. The molecule has 0 spiro atoms. The van der Waals surface area contributed by atoms with Crippen LogP contribution in [0.2, 0.25) is 0 Å². The number of benzene rings is 2. The number of ether oxygens (including phenoxy) is 2. The summed E-state index contributed by atoms with van der Waals surface area (Å²) in [5.74, 6) is -1.64. The topological polar surface area (TPSA) is 69.7 Å². The molecular weight excluding hydrogens is 344 g/mol. The lowest BCUT2D eigenvalue weighted by atomic mass is 10.1. The zero-order valence-electron chi connectivity index (χ0n) is 15.7. The van der Waals surface area contributed by atoms with Crippen LogP contribution in [-0.4, -0.2) is 24.5 Å². The average Bonchev–Trinajstić information content (AvgIpc) is 2.65. The molecule has 0 saturated carbocycles. The maximum atomic E-state index is 12.1. The Balaban J connectivity index is 1.80. The van der Waals surface area contributed by atoms with E-state index in [2.05, 4.69) is 11.7 Å². The Morgan fingerprint density at radius 1 is 0.852 bits per heavy atom. The highest BCUT2D eigenvalue weighted by atomic mass is 16.6. The molecule has 5 heteroatoms. The van der Waals surface area contributed by atoms with Crippen molar-refractivity contribution < 1.29 is 23.9 Å². The fraction of sp³-hybridized carbons (Fsp3) is 0.318. The Bertz CT molecular complexity index is 793. The number of carbonyl (C=O) groups excluding carboxylic acids is 3. The lowest BCUT2D eigenvalue weighted by Gasteiger charge is -2.07. The van der Waals surface area contributed by atoms with E-state index in [0.717, 1.165) is 18.4 Å². The summed E-state index contributed by atoms with van der Waals surface area (Å²) in [7, 11) is 0. The van der Waals surface area contributed by atoms with E-state index in [1.807, 2.05) is 18.2 Å². The minimum Gasteiger partial charge on any atom is -0.462 e. The van der Waals surface area contributed by atoms with E-state index in [1.54, 1.807) is 30.3 Å². The van der Waals surface area contributed by atoms with Gasteiger partial charge in [-0.05, 0) is 54.7 Å². The first-order valence-corrected chi connectivity index (χ1v) is 9.07. The maximum absolute atomic E-state index is 12.1. The molecule has 0 aliphatic heterocycles. The van der Waals surface area contributed by atoms with Gasteiger partial charge in [0, 0.05) is 6.92 Å². The number of esters is 3. The minimum atomic E-state index is -0.665. The molecule has 5 nitrogen and oxygen atoms in total. The molecule has 0 saturated heterocycles. The molecule has 27 heavy (non-hydrogen) atoms. The molecule has 142 valence electrons. The van der Waals surface area contributed by atoms with E-state index >= 15 is 0 Å². The maximum Gasteiger partial charge on any atom is 0.345 e. The lowest BCUT2D eigenvalue weighted by molar-refractivity contribution is -0.135. The Morgan fingerprint density at radius 2 is 1.59 bits per heavy atom. The van der Waals surface area contributed by atoms with Crippen LogP contribution in [0.15, 0.2) is 48.5 Å². The first-order valence-electron chi connectivity index (χ1n) is 9.07. The molecule has 2 rings (SSSR count). The molecule has 0 bridgehead atoms. The third kappa shape index (κ3) is 6.70. The van der Waals surface area contributed by atoms with Gasteiger partial charge in [0.1, 0.15) is 0 Å². The van der Waals surface area contributed by atoms with Crippen molar-refractivity contribution in [1.29, 1.82) is 0 Å². The van der Waals surface area contributed by atoms with E-state index in [9.17, 15) is 14.4 Å². The normalized spacial score (nSPS) is 10.3. The smallest absolute Gasteiger partial charge is 0.345 e. The Kier molecular flexibility index (Phi) is 7.74. The van der Waals surface area contributed by atoms with Crippen LogP contribution in [0.5, 0.6) is 0 Å². The van der Waals surface area contributed by atoms with Crippen LogP contribution in [0.4, 0.5) is 0 Å². The molecule has 2 aromatic carbocycles. The summed E-state index contributed by atoms with van der Waals surface area (Å²) in [6.45, 7) is 3.59. The van der Waals surface area contributed by atoms with Crippen LogP contribution < -0.4 is 0 Å². The van der Waals surface area contributed by atoms with Gasteiger partial charge in [-0.3, -0.25) is 4.79 Å². The second-order valence-corrected chi connectivity index (χ2v) is 6.27. The van der Waals surface area contributed by atoms with Crippen LogP contribution >= 0.6 is 0 Å². The predicted octanol–water partition coefficient (Wildman–Crippen LogP) is 4.13. The number of rotatable bonds is 8. The standard InChI is InChI=1S/C22H24O5/c1-3-6-17-10-12-19(13-11-17)21(24)26-14-5-8-18-7-4-9-20(15-18)22(25)27-16(2)23/h4,7,9-13,15H,3,5-6,8,14H2,1-2H3. The number of hydrogen-bond acceptors (Lipinski definition) is 5. The Hall–Kier alpha value is -2.95. The van der Waals surface area contributed by atoms with Crippen molar-refractivity contribution in [2.24, 2.45) is 0 Å². The van der Waals surface area contributed by atoms with Gasteiger partial charge < -0.3 is 9.47 Å². The Labute approximate surface area is 159 Å². The lowest BCUT2D eigenvalue weighted by Crippen LogP contribution is -2.10. The average molecular weight is 368 g/mol. The third-order valence-corrected chi connectivity index (χ3v) is 3.97.